The van der Waals surface area contributed by atoms with Gasteiger partial charge in [0.05, 0.1) is 39.8 Å². The van der Waals surface area contributed by atoms with Crippen LogP contribution in [0.25, 0.3) is 0 Å². The fourth-order valence-corrected chi connectivity index (χ4v) is 3.24. The van der Waals surface area contributed by atoms with Gasteiger partial charge in [-0.3, -0.25) is 9.98 Å². The first-order valence-electron chi connectivity index (χ1n) is 11.6. The Morgan fingerprint density at radius 1 is 0.500 bits per heavy atom. The fraction of sp³-hybridized carbons (Fsp3) is 0.133. The molecule has 4 aromatic rings. The van der Waals surface area contributed by atoms with Gasteiger partial charge >= 0.3 is 0 Å². The molecule has 8 heteroatoms. The van der Waals surface area contributed by atoms with Crippen molar-refractivity contribution in [3.05, 3.63) is 96.1 Å². The van der Waals surface area contributed by atoms with E-state index < -0.39 is 0 Å². The summed E-state index contributed by atoms with van der Waals surface area (Å²) in [6.45, 7) is 0. The number of ether oxygens (including phenoxy) is 4. The third kappa shape index (κ3) is 7.51. The fourth-order valence-electron chi connectivity index (χ4n) is 3.24. The van der Waals surface area contributed by atoms with Crippen LogP contribution >= 0.6 is 0 Å². The zero-order chi connectivity index (χ0) is 27.3. The predicted molar refractivity (Wildman–Crippen MR) is 150 cm³/mol. The van der Waals surface area contributed by atoms with Gasteiger partial charge in [-0.1, -0.05) is 12.1 Å². The van der Waals surface area contributed by atoms with Gasteiger partial charge in [-0.05, 0) is 72.8 Å². The monoisotopic (exact) mass is 514 g/mol. The minimum Gasteiger partial charge on any atom is -0.504 e. The Balaban J connectivity index is 0.000000211. The van der Waals surface area contributed by atoms with E-state index in [0.29, 0.717) is 22.6 Å². The lowest BCUT2D eigenvalue weighted by Crippen LogP contribution is -1.88. The Morgan fingerprint density at radius 2 is 0.868 bits per heavy atom. The summed E-state index contributed by atoms with van der Waals surface area (Å²) in [7, 11) is 6.26. The molecule has 0 bridgehead atoms. The van der Waals surface area contributed by atoms with E-state index in [1.54, 1.807) is 63.0 Å². The summed E-state index contributed by atoms with van der Waals surface area (Å²) in [6, 6.07) is 25.2. The maximum atomic E-state index is 9.91. The molecule has 2 N–H and O–H groups in total. The van der Waals surface area contributed by atoms with Crippen LogP contribution in [0.15, 0.2) is 94.9 Å². The summed E-state index contributed by atoms with van der Waals surface area (Å²) < 4.78 is 20.2. The van der Waals surface area contributed by atoms with E-state index in [1.807, 2.05) is 48.5 Å². The summed E-state index contributed by atoms with van der Waals surface area (Å²) in [5.41, 5.74) is 2.77. The Kier molecular flexibility index (Phi) is 10.1. The number of phenols is 2. The highest BCUT2D eigenvalue weighted by molar-refractivity contribution is 5.87. The van der Waals surface area contributed by atoms with E-state index in [-0.39, 0.29) is 11.5 Å². The van der Waals surface area contributed by atoms with Crippen molar-refractivity contribution in [3.8, 4) is 34.5 Å². The van der Waals surface area contributed by atoms with E-state index in [2.05, 4.69) is 9.98 Å². The lowest BCUT2D eigenvalue weighted by Gasteiger charge is -2.04. The zero-order valence-electron chi connectivity index (χ0n) is 21.7. The Labute approximate surface area is 222 Å². The van der Waals surface area contributed by atoms with E-state index in [4.69, 9.17) is 18.9 Å². The van der Waals surface area contributed by atoms with Crippen LogP contribution in [0, 0.1) is 0 Å². The molecule has 196 valence electrons. The smallest absolute Gasteiger partial charge is 0.166 e. The third-order valence-electron chi connectivity index (χ3n) is 5.35. The van der Waals surface area contributed by atoms with Crippen LogP contribution in [0.5, 0.6) is 34.5 Å². The number of phenolic OH excluding ortho intramolecular Hbond substituents is 2. The van der Waals surface area contributed by atoms with Gasteiger partial charge in [0.25, 0.3) is 0 Å². The molecule has 0 heterocycles. The van der Waals surface area contributed by atoms with Crippen LogP contribution < -0.4 is 18.9 Å². The minimum atomic E-state index is 0.0854. The second-order valence-electron chi connectivity index (χ2n) is 7.71. The summed E-state index contributed by atoms with van der Waals surface area (Å²) in [4.78, 5) is 8.58. The molecule has 0 aliphatic carbocycles. The number of hydrogen-bond acceptors (Lipinski definition) is 8. The molecule has 0 amide bonds. The molecular weight excluding hydrogens is 484 g/mol. The molecule has 4 rings (SSSR count). The van der Waals surface area contributed by atoms with Crippen LogP contribution in [0.2, 0.25) is 0 Å². The minimum absolute atomic E-state index is 0.0854. The van der Waals surface area contributed by atoms with Crippen molar-refractivity contribution in [1.82, 2.24) is 0 Å². The van der Waals surface area contributed by atoms with E-state index in [9.17, 15) is 10.2 Å². The van der Waals surface area contributed by atoms with Gasteiger partial charge in [-0.2, -0.15) is 0 Å². The average Bonchev–Trinajstić information content (AvgIpc) is 2.97. The van der Waals surface area contributed by atoms with E-state index >= 15 is 0 Å². The van der Waals surface area contributed by atoms with Gasteiger partial charge in [-0.15, -0.1) is 0 Å². The number of hydrogen-bond donors (Lipinski definition) is 2. The van der Waals surface area contributed by atoms with Gasteiger partial charge in [0.1, 0.15) is 11.5 Å². The van der Waals surface area contributed by atoms with Crippen molar-refractivity contribution < 1.29 is 29.2 Å². The van der Waals surface area contributed by atoms with Crippen molar-refractivity contribution in [3.63, 3.8) is 0 Å². The lowest BCUT2D eigenvalue weighted by molar-refractivity contribution is 0.373. The highest BCUT2D eigenvalue weighted by Gasteiger charge is 2.05. The number of benzene rings is 4. The number of nitrogens with zero attached hydrogens (tertiary/aromatic N) is 2. The molecular formula is C30H30N2O6. The van der Waals surface area contributed by atoms with Gasteiger partial charge in [0.15, 0.2) is 23.0 Å². The molecule has 8 nitrogen and oxygen atoms in total. The number of methoxy groups -OCH3 is 4. The molecule has 4 aromatic carbocycles. The van der Waals surface area contributed by atoms with Crippen LogP contribution in [0.1, 0.15) is 11.1 Å². The largest absolute Gasteiger partial charge is 0.504 e. The first-order chi connectivity index (χ1) is 18.5. The Hall–Kier alpha value is -4.98. The third-order valence-corrected chi connectivity index (χ3v) is 5.35. The Bertz CT molecular complexity index is 1260. The first kappa shape index (κ1) is 27.6. The van der Waals surface area contributed by atoms with Crippen LogP contribution in [0.4, 0.5) is 11.4 Å². The molecule has 0 saturated carbocycles. The standard InChI is InChI=1S/2C15H15NO3/c2*1-18-13-8-6-12(7-9-13)16-10-11-4-3-5-14(19-2)15(11)17/h2*3-10,17H,1-2H3. The van der Waals surface area contributed by atoms with Crippen molar-refractivity contribution in [2.75, 3.05) is 28.4 Å². The maximum absolute atomic E-state index is 9.91. The molecule has 0 spiro atoms. The molecule has 0 aliphatic rings. The summed E-state index contributed by atoms with van der Waals surface area (Å²) in [6.07, 6.45) is 3.19. The molecule has 0 atom stereocenters. The van der Waals surface area contributed by atoms with Crippen molar-refractivity contribution in [2.45, 2.75) is 0 Å². The summed E-state index contributed by atoms with van der Waals surface area (Å²) in [5.74, 6) is 2.59. The van der Waals surface area contributed by atoms with Gasteiger partial charge in [0, 0.05) is 23.6 Å². The highest BCUT2D eigenvalue weighted by atomic mass is 16.5. The molecule has 0 aromatic heterocycles. The second kappa shape index (κ2) is 13.9. The zero-order valence-corrected chi connectivity index (χ0v) is 21.7. The Morgan fingerprint density at radius 3 is 1.18 bits per heavy atom. The lowest BCUT2D eigenvalue weighted by atomic mass is 10.2. The number of rotatable bonds is 8. The summed E-state index contributed by atoms with van der Waals surface area (Å²) >= 11 is 0. The molecule has 0 unspecified atom stereocenters. The quantitative estimate of drug-likeness (QED) is 0.267. The molecule has 0 fully saturated rings. The average molecular weight is 515 g/mol. The van der Waals surface area contributed by atoms with Gasteiger partial charge < -0.3 is 29.2 Å². The van der Waals surface area contributed by atoms with Crippen LogP contribution in [-0.4, -0.2) is 51.1 Å². The highest BCUT2D eigenvalue weighted by Crippen LogP contribution is 2.29. The number of aromatic hydroxyl groups is 2. The SMILES string of the molecule is COc1ccc(N=Cc2cccc(OC)c2O)cc1.COc1ccc(N=Cc2cccc(OC)c2O)cc1. The number of para-hydroxylation sites is 2. The van der Waals surface area contributed by atoms with E-state index in [1.165, 1.54) is 14.2 Å². The number of aliphatic imine (C=N–C) groups is 2. The summed E-state index contributed by atoms with van der Waals surface area (Å²) in [5, 5.41) is 19.8. The topological polar surface area (TPSA) is 102 Å². The molecule has 38 heavy (non-hydrogen) atoms. The van der Waals surface area contributed by atoms with E-state index in [0.717, 1.165) is 22.9 Å². The molecule has 0 saturated heterocycles. The molecule has 0 aliphatic heterocycles. The van der Waals surface area contributed by atoms with Gasteiger partial charge in [-0.25, -0.2) is 0 Å². The van der Waals surface area contributed by atoms with Crippen molar-refractivity contribution in [2.24, 2.45) is 9.98 Å². The maximum Gasteiger partial charge on any atom is 0.166 e. The second-order valence-corrected chi connectivity index (χ2v) is 7.71. The molecule has 0 radical (unpaired) electrons. The van der Waals surface area contributed by atoms with Crippen molar-refractivity contribution >= 4 is 23.8 Å². The van der Waals surface area contributed by atoms with Crippen LogP contribution in [0.3, 0.4) is 0 Å². The van der Waals surface area contributed by atoms with Crippen molar-refractivity contribution in [1.29, 1.82) is 0 Å². The predicted octanol–water partition coefficient (Wildman–Crippen LogP) is 6.32. The van der Waals surface area contributed by atoms with Gasteiger partial charge in [0.2, 0.25) is 0 Å². The normalized spacial score (nSPS) is 10.6. The van der Waals surface area contributed by atoms with Crippen LogP contribution in [-0.2, 0) is 0 Å². The first-order valence-corrected chi connectivity index (χ1v) is 11.6.